The second-order valence-electron chi connectivity index (χ2n) is 7.25. The summed E-state index contributed by atoms with van der Waals surface area (Å²) in [4.78, 5) is 24.6. The van der Waals surface area contributed by atoms with Gasteiger partial charge in [0.2, 0.25) is 18.9 Å². The molecule has 0 aliphatic carbocycles. The lowest BCUT2D eigenvalue weighted by Crippen LogP contribution is -3.00. The maximum absolute atomic E-state index is 12.4. The van der Waals surface area contributed by atoms with Gasteiger partial charge in [-0.1, -0.05) is 24.3 Å². The van der Waals surface area contributed by atoms with Crippen molar-refractivity contribution in [1.82, 2.24) is 0 Å². The molecule has 3 aromatic rings. The van der Waals surface area contributed by atoms with Crippen LogP contribution in [-0.4, -0.2) is 11.6 Å². The molecule has 1 aromatic carbocycles. The van der Waals surface area contributed by atoms with Gasteiger partial charge in [-0.25, -0.2) is 0 Å². The Morgan fingerprint density at radius 2 is 1.17 bits per heavy atom. The number of ketones is 2. The summed E-state index contributed by atoms with van der Waals surface area (Å²) in [6, 6.07) is 15.6. The van der Waals surface area contributed by atoms with E-state index in [1.807, 2.05) is 96.3 Å². The fourth-order valence-corrected chi connectivity index (χ4v) is 2.96. The highest BCUT2D eigenvalue weighted by atomic mass is 79.9. The molecule has 0 unspecified atom stereocenters. The number of nitrogens with zero attached hydrogens (tertiary/aromatic N) is 2. The second kappa shape index (κ2) is 12.5. The number of hydrogen-bond acceptors (Lipinski definition) is 2. The standard InChI is InChI=1S/C24H26N2O2.2BrH/c1-19-9-13-25(14-10-19)17-23(27)8-5-21-3-6-22(7-4-21)24(28)18-26-15-11-20(2)12-16-26;;/h3-4,6-7,9-16H,5,8,17-18H2,1-2H3;2*1H/q+2;;/p-2. The van der Waals surface area contributed by atoms with Crippen molar-refractivity contribution in [2.24, 2.45) is 0 Å². The summed E-state index contributed by atoms with van der Waals surface area (Å²) in [5.74, 6) is 0.275. The first kappa shape index (κ1) is 25.9. The summed E-state index contributed by atoms with van der Waals surface area (Å²) in [5, 5.41) is 0. The smallest absolute Gasteiger partial charge is 0.227 e. The Morgan fingerprint density at radius 1 is 0.700 bits per heavy atom. The van der Waals surface area contributed by atoms with E-state index in [-0.39, 0.29) is 45.5 Å². The fraction of sp³-hybridized carbons (Fsp3) is 0.250. The number of carbonyl (C=O) groups is 2. The number of Topliss-reactive ketones (excluding diaryl/α,β-unsaturated/α-hetero) is 2. The zero-order chi connectivity index (χ0) is 19.9. The van der Waals surface area contributed by atoms with Gasteiger partial charge in [-0.3, -0.25) is 9.59 Å². The maximum atomic E-state index is 12.4. The number of halogens is 2. The summed E-state index contributed by atoms with van der Waals surface area (Å²) >= 11 is 0. The summed E-state index contributed by atoms with van der Waals surface area (Å²) < 4.78 is 3.78. The first-order chi connectivity index (χ1) is 13.5. The molecule has 0 bridgehead atoms. The van der Waals surface area contributed by atoms with Crippen LogP contribution in [0.25, 0.3) is 0 Å². The van der Waals surface area contributed by atoms with E-state index in [1.54, 1.807) is 0 Å². The number of benzene rings is 1. The molecule has 0 N–H and O–H groups in total. The van der Waals surface area contributed by atoms with Crippen LogP contribution in [0.2, 0.25) is 0 Å². The molecule has 0 saturated heterocycles. The van der Waals surface area contributed by atoms with Crippen molar-refractivity contribution in [3.05, 3.63) is 95.6 Å². The summed E-state index contributed by atoms with van der Waals surface area (Å²) in [6.45, 7) is 4.77. The van der Waals surface area contributed by atoms with Gasteiger partial charge in [0.05, 0.1) is 0 Å². The first-order valence-corrected chi connectivity index (χ1v) is 9.55. The van der Waals surface area contributed by atoms with Crippen molar-refractivity contribution in [3.8, 4) is 0 Å². The van der Waals surface area contributed by atoms with Crippen LogP contribution in [0.1, 0.15) is 33.5 Å². The monoisotopic (exact) mass is 532 g/mol. The van der Waals surface area contributed by atoms with Gasteiger partial charge in [0.15, 0.2) is 30.6 Å². The Hall–Kier alpha value is -2.18. The van der Waals surface area contributed by atoms with Crippen LogP contribution in [0.15, 0.2) is 73.3 Å². The highest BCUT2D eigenvalue weighted by Gasteiger charge is 2.13. The third-order valence-electron chi connectivity index (χ3n) is 4.77. The van der Waals surface area contributed by atoms with Gasteiger partial charge in [0, 0.05) is 36.2 Å². The van der Waals surface area contributed by atoms with Gasteiger partial charge in [-0.2, -0.15) is 9.13 Å². The van der Waals surface area contributed by atoms with Crippen LogP contribution in [0, 0.1) is 13.8 Å². The van der Waals surface area contributed by atoms with Crippen molar-refractivity contribution in [1.29, 1.82) is 0 Å². The molecule has 0 atom stereocenters. The van der Waals surface area contributed by atoms with E-state index in [2.05, 4.69) is 0 Å². The largest absolute Gasteiger partial charge is 1.00 e. The van der Waals surface area contributed by atoms with Gasteiger partial charge in [0.25, 0.3) is 0 Å². The zero-order valence-corrected chi connectivity index (χ0v) is 20.4. The van der Waals surface area contributed by atoms with Crippen LogP contribution in [0.3, 0.4) is 0 Å². The van der Waals surface area contributed by atoms with Gasteiger partial charge < -0.3 is 34.0 Å². The lowest BCUT2D eigenvalue weighted by molar-refractivity contribution is -0.684. The molecule has 0 saturated carbocycles. The number of rotatable bonds is 8. The highest BCUT2D eigenvalue weighted by Crippen LogP contribution is 2.08. The second-order valence-corrected chi connectivity index (χ2v) is 7.25. The molecule has 0 amide bonds. The number of aryl methyl sites for hydroxylation is 3. The normalized spacial score (nSPS) is 9.93. The molecular formula is C24H26Br2N2O2. The van der Waals surface area contributed by atoms with E-state index < -0.39 is 0 Å². The number of aromatic nitrogens is 2. The molecule has 158 valence electrons. The number of hydrogen-bond donors (Lipinski definition) is 0. The van der Waals surface area contributed by atoms with E-state index >= 15 is 0 Å². The molecule has 30 heavy (non-hydrogen) atoms. The quantitative estimate of drug-likeness (QED) is 0.228. The van der Waals surface area contributed by atoms with Crippen LogP contribution < -0.4 is 43.1 Å². The molecule has 4 nitrogen and oxygen atoms in total. The molecule has 3 rings (SSSR count). The first-order valence-electron chi connectivity index (χ1n) is 9.55. The summed E-state index contributed by atoms with van der Waals surface area (Å²) in [7, 11) is 0. The molecule has 2 aromatic heterocycles. The Labute approximate surface area is 199 Å². The average Bonchev–Trinajstić information content (AvgIpc) is 2.70. The van der Waals surface area contributed by atoms with Crippen LogP contribution in [-0.2, 0) is 24.3 Å². The van der Waals surface area contributed by atoms with Crippen molar-refractivity contribution in [2.75, 3.05) is 0 Å². The van der Waals surface area contributed by atoms with Crippen molar-refractivity contribution in [3.63, 3.8) is 0 Å². The third kappa shape index (κ3) is 7.92. The molecule has 2 heterocycles. The lowest BCUT2D eigenvalue weighted by atomic mass is 10.0. The SMILES string of the molecule is Cc1cc[n+](CC(=O)CCc2ccc(C(=O)C[n+]3ccc(C)cc3)cc2)cc1.[Br-].[Br-]. The Bertz CT molecular complexity index is 954. The lowest BCUT2D eigenvalue weighted by Gasteiger charge is -2.03. The van der Waals surface area contributed by atoms with Crippen molar-refractivity contribution in [2.45, 2.75) is 39.8 Å². The molecule has 6 heteroatoms. The predicted octanol–water partition coefficient (Wildman–Crippen LogP) is -3.03. The minimum atomic E-state index is 0. The van der Waals surface area contributed by atoms with Gasteiger partial charge in [0.1, 0.15) is 0 Å². The minimum Gasteiger partial charge on any atom is -1.00 e. The van der Waals surface area contributed by atoms with Crippen LogP contribution >= 0.6 is 0 Å². The summed E-state index contributed by atoms with van der Waals surface area (Å²) in [5.41, 5.74) is 4.11. The molecular weight excluding hydrogens is 508 g/mol. The molecule has 0 aliphatic rings. The Kier molecular flexibility index (Phi) is 10.8. The minimum absolute atomic E-state index is 0. The maximum Gasteiger partial charge on any atom is 0.227 e. The number of carbonyl (C=O) groups excluding carboxylic acids is 2. The third-order valence-corrected chi connectivity index (χ3v) is 4.77. The van der Waals surface area contributed by atoms with Crippen molar-refractivity contribution < 1.29 is 52.7 Å². The van der Waals surface area contributed by atoms with E-state index in [9.17, 15) is 9.59 Å². The molecule has 0 aliphatic heterocycles. The molecule has 0 radical (unpaired) electrons. The van der Waals surface area contributed by atoms with Crippen LogP contribution in [0.5, 0.6) is 0 Å². The summed E-state index contributed by atoms with van der Waals surface area (Å²) in [6.07, 6.45) is 8.87. The van der Waals surface area contributed by atoms with E-state index in [0.29, 0.717) is 31.5 Å². The van der Waals surface area contributed by atoms with E-state index in [4.69, 9.17) is 0 Å². The van der Waals surface area contributed by atoms with E-state index in [1.165, 1.54) is 11.1 Å². The van der Waals surface area contributed by atoms with Crippen molar-refractivity contribution >= 4 is 11.6 Å². The Morgan fingerprint density at radius 3 is 1.67 bits per heavy atom. The fourth-order valence-electron chi connectivity index (χ4n) is 2.96. The Balaban J connectivity index is 0.00000225. The van der Waals surface area contributed by atoms with Gasteiger partial charge in [-0.05, 0) is 37.0 Å². The topological polar surface area (TPSA) is 41.9 Å². The van der Waals surface area contributed by atoms with E-state index in [0.717, 1.165) is 5.56 Å². The molecule has 0 fully saturated rings. The molecule has 0 spiro atoms. The number of pyridine rings is 2. The van der Waals surface area contributed by atoms with Gasteiger partial charge in [-0.15, -0.1) is 0 Å². The predicted molar refractivity (Wildman–Crippen MR) is 107 cm³/mol. The van der Waals surface area contributed by atoms with Crippen LogP contribution in [0.4, 0.5) is 0 Å². The zero-order valence-electron chi connectivity index (χ0n) is 17.2. The van der Waals surface area contributed by atoms with Gasteiger partial charge >= 0.3 is 0 Å². The highest BCUT2D eigenvalue weighted by molar-refractivity contribution is 5.95. The average molecular weight is 534 g/mol.